The molecule has 1 heterocycles. The van der Waals surface area contributed by atoms with Crippen LogP contribution in [0.25, 0.3) is 21.8 Å². The number of para-hydroxylation sites is 1. The van der Waals surface area contributed by atoms with Gasteiger partial charge in [0.2, 0.25) is 5.91 Å². The smallest absolute Gasteiger partial charge is 0.269 e. The summed E-state index contributed by atoms with van der Waals surface area (Å²) in [4.78, 5) is 24.6. The predicted molar refractivity (Wildman–Crippen MR) is 126 cm³/mol. The first kappa shape index (κ1) is 21.0. The lowest BCUT2D eigenvalue weighted by Gasteiger charge is -2.09. The highest BCUT2D eigenvalue weighted by molar-refractivity contribution is 6.10. The molecule has 7 nitrogen and oxygen atoms in total. The average Bonchev–Trinajstić information content (AvgIpc) is 3.10. The second-order valence-corrected chi connectivity index (χ2v) is 7.44. The van der Waals surface area contributed by atoms with E-state index < -0.39 is 5.91 Å². The van der Waals surface area contributed by atoms with E-state index in [0.717, 1.165) is 28.4 Å². The van der Waals surface area contributed by atoms with Gasteiger partial charge < -0.3 is 20.4 Å². The Morgan fingerprint density at radius 1 is 0.938 bits per heavy atom. The Hall–Kier alpha value is -4.26. The van der Waals surface area contributed by atoms with E-state index in [1.807, 2.05) is 30.3 Å². The van der Waals surface area contributed by atoms with Crippen LogP contribution in [-0.4, -0.2) is 21.5 Å². The van der Waals surface area contributed by atoms with E-state index in [4.69, 9.17) is 0 Å². The number of nitrogens with one attached hydrogen (secondary N) is 3. The molecule has 0 saturated heterocycles. The molecule has 0 saturated carbocycles. The van der Waals surface area contributed by atoms with Gasteiger partial charge in [-0.05, 0) is 56.3 Å². The van der Waals surface area contributed by atoms with Crippen LogP contribution in [0.5, 0.6) is 5.75 Å². The van der Waals surface area contributed by atoms with E-state index in [2.05, 4.69) is 39.8 Å². The van der Waals surface area contributed by atoms with Gasteiger partial charge in [-0.15, -0.1) is 0 Å². The van der Waals surface area contributed by atoms with Crippen LogP contribution in [0.4, 0.5) is 5.69 Å². The largest absolute Gasteiger partial charge is 0.508 e. The van der Waals surface area contributed by atoms with E-state index in [0.29, 0.717) is 16.9 Å². The fraction of sp³-hybridized carbons (Fsp3) is 0.120. The first-order valence-electron chi connectivity index (χ1n) is 10.3. The summed E-state index contributed by atoms with van der Waals surface area (Å²) in [6, 6.07) is 20.1. The third kappa shape index (κ3) is 4.27. The molecule has 0 aliphatic heterocycles. The summed E-state index contributed by atoms with van der Waals surface area (Å²) in [5, 5.41) is 14.6. The van der Waals surface area contributed by atoms with Crippen LogP contribution in [0, 0.1) is 0 Å². The first-order valence-corrected chi connectivity index (χ1v) is 10.3. The van der Waals surface area contributed by atoms with Gasteiger partial charge in [0.25, 0.3) is 5.91 Å². The highest BCUT2D eigenvalue weighted by Crippen LogP contribution is 2.30. The summed E-state index contributed by atoms with van der Waals surface area (Å²) in [5.41, 5.74) is 8.93. The summed E-state index contributed by atoms with van der Waals surface area (Å²) < 4.78 is 2.25. The van der Waals surface area contributed by atoms with Gasteiger partial charge in [0.05, 0.1) is 0 Å². The van der Waals surface area contributed by atoms with Crippen LogP contribution in [0.2, 0.25) is 0 Å². The number of hydrogen-bond acceptors (Lipinski definition) is 4. The number of phenols is 1. The van der Waals surface area contributed by atoms with Gasteiger partial charge in [-0.25, -0.2) is 0 Å². The minimum absolute atomic E-state index is 0.00307. The molecule has 0 aliphatic rings. The van der Waals surface area contributed by atoms with Gasteiger partial charge in [0.15, 0.2) is 0 Å². The molecule has 0 radical (unpaired) electrons. The third-order valence-corrected chi connectivity index (χ3v) is 5.19. The van der Waals surface area contributed by atoms with Crippen molar-refractivity contribution in [2.75, 3.05) is 5.32 Å². The maximum Gasteiger partial charge on any atom is 0.269 e. The van der Waals surface area contributed by atoms with Crippen molar-refractivity contribution in [3.05, 3.63) is 84.1 Å². The summed E-state index contributed by atoms with van der Waals surface area (Å²) in [5.74, 6) is -0.740. The number of aryl methyl sites for hydroxylation is 1. The Labute approximate surface area is 185 Å². The van der Waals surface area contributed by atoms with Crippen LogP contribution in [0.3, 0.4) is 0 Å². The molecule has 0 unspecified atom stereocenters. The highest BCUT2D eigenvalue weighted by Gasteiger charge is 2.11. The van der Waals surface area contributed by atoms with Crippen molar-refractivity contribution in [3.8, 4) is 5.75 Å². The zero-order valence-electron chi connectivity index (χ0n) is 17.8. The normalized spacial score (nSPS) is 11.5. The van der Waals surface area contributed by atoms with Crippen molar-refractivity contribution in [1.29, 1.82) is 0 Å². The summed E-state index contributed by atoms with van der Waals surface area (Å²) >= 11 is 0. The van der Waals surface area contributed by atoms with Crippen LogP contribution < -0.4 is 16.2 Å². The molecule has 0 fully saturated rings. The Kier molecular flexibility index (Phi) is 5.81. The molecule has 2 amide bonds. The standard InChI is InChI=1S/C25H24N4O3/c1-3-29-22-10-5-4-9-20(22)21-15-18(11-12-23(21)29)26-24(31)13-16(2)27-28-25(32)17-7-6-8-19(30)14-17/h4-15,27,30H,3H2,1-2H3,(H,26,31)(H,28,32). The van der Waals surface area contributed by atoms with E-state index in [1.165, 1.54) is 18.2 Å². The fourth-order valence-electron chi connectivity index (χ4n) is 3.76. The van der Waals surface area contributed by atoms with E-state index in [9.17, 15) is 14.7 Å². The molecule has 4 aromatic rings. The van der Waals surface area contributed by atoms with Gasteiger partial charge in [-0.1, -0.05) is 24.3 Å². The van der Waals surface area contributed by atoms with Crippen LogP contribution in [-0.2, 0) is 11.3 Å². The Morgan fingerprint density at radius 3 is 2.50 bits per heavy atom. The molecule has 32 heavy (non-hydrogen) atoms. The van der Waals surface area contributed by atoms with Crippen LogP contribution in [0.15, 0.2) is 78.5 Å². The van der Waals surface area contributed by atoms with Crippen molar-refractivity contribution in [3.63, 3.8) is 0 Å². The number of fused-ring (bicyclic) bond motifs is 3. The SMILES string of the molecule is CCn1c2ccccc2c2cc(NC(=O)C=C(C)NNC(=O)c3cccc(O)c3)ccc21. The van der Waals surface area contributed by atoms with E-state index >= 15 is 0 Å². The molecular formula is C25H24N4O3. The van der Waals surface area contributed by atoms with Crippen molar-refractivity contribution >= 4 is 39.3 Å². The molecule has 0 bridgehead atoms. The number of phenolic OH excluding ortho intramolecular Hbond substituents is 1. The number of carbonyl (C=O) groups is 2. The van der Waals surface area contributed by atoms with Crippen molar-refractivity contribution in [1.82, 2.24) is 15.4 Å². The molecule has 7 heteroatoms. The van der Waals surface area contributed by atoms with Crippen LogP contribution in [0.1, 0.15) is 24.2 Å². The molecule has 3 aromatic carbocycles. The minimum Gasteiger partial charge on any atom is -0.508 e. The molecule has 1 aromatic heterocycles. The van der Waals surface area contributed by atoms with Crippen molar-refractivity contribution in [2.24, 2.45) is 0 Å². The monoisotopic (exact) mass is 428 g/mol. The third-order valence-electron chi connectivity index (χ3n) is 5.19. The quantitative estimate of drug-likeness (QED) is 0.272. The number of aromatic nitrogens is 1. The Morgan fingerprint density at radius 2 is 1.72 bits per heavy atom. The van der Waals surface area contributed by atoms with Crippen molar-refractivity contribution in [2.45, 2.75) is 20.4 Å². The second-order valence-electron chi connectivity index (χ2n) is 7.44. The summed E-state index contributed by atoms with van der Waals surface area (Å²) in [6.45, 7) is 4.64. The number of benzene rings is 3. The second kappa shape index (κ2) is 8.85. The Bertz CT molecular complexity index is 1350. The van der Waals surface area contributed by atoms with Crippen molar-refractivity contribution < 1.29 is 14.7 Å². The number of allylic oxidation sites excluding steroid dienone is 1. The van der Waals surface area contributed by atoms with E-state index in [-0.39, 0.29) is 11.7 Å². The Balaban J connectivity index is 1.45. The summed E-state index contributed by atoms with van der Waals surface area (Å²) in [6.07, 6.45) is 1.36. The number of anilines is 1. The number of carbonyl (C=O) groups excluding carboxylic acids is 2. The van der Waals surface area contributed by atoms with Gasteiger partial charge in [-0.3, -0.25) is 15.0 Å². The molecule has 0 aliphatic carbocycles. The molecule has 0 spiro atoms. The molecule has 4 rings (SSSR count). The maximum atomic E-state index is 12.5. The first-order chi connectivity index (χ1) is 15.5. The number of amides is 2. The van der Waals surface area contributed by atoms with Gasteiger partial charge in [0, 0.05) is 51.4 Å². The van der Waals surface area contributed by atoms with Crippen LogP contribution >= 0.6 is 0 Å². The lowest BCUT2D eigenvalue weighted by atomic mass is 10.1. The van der Waals surface area contributed by atoms with Gasteiger partial charge in [-0.2, -0.15) is 0 Å². The molecule has 162 valence electrons. The average molecular weight is 428 g/mol. The maximum absolute atomic E-state index is 12.5. The molecule has 4 N–H and O–H groups in total. The highest BCUT2D eigenvalue weighted by atomic mass is 16.3. The number of aromatic hydroxyl groups is 1. The lowest BCUT2D eigenvalue weighted by Crippen LogP contribution is -2.36. The van der Waals surface area contributed by atoms with E-state index in [1.54, 1.807) is 19.1 Å². The molecule has 0 atom stereocenters. The number of hydrogen-bond donors (Lipinski definition) is 4. The lowest BCUT2D eigenvalue weighted by molar-refractivity contribution is -0.112. The number of nitrogens with zero attached hydrogens (tertiary/aromatic N) is 1. The summed E-state index contributed by atoms with van der Waals surface area (Å²) in [7, 11) is 0. The van der Waals surface area contributed by atoms with Gasteiger partial charge >= 0.3 is 0 Å². The zero-order chi connectivity index (χ0) is 22.7. The number of rotatable bonds is 6. The topological polar surface area (TPSA) is 95.4 Å². The van der Waals surface area contributed by atoms with Gasteiger partial charge in [0.1, 0.15) is 5.75 Å². The zero-order valence-corrected chi connectivity index (χ0v) is 17.8. The molecular weight excluding hydrogens is 404 g/mol. The minimum atomic E-state index is -0.424. The predicted octanol–water partition coefficient (Wildman–Crippen LogP) is 4.30. The number of hydrazine groups is 1. The fourth-order valence-corrected chi connectivity index (χ4v) is 3.76.